The third-order valence-corrected chi connectivity index (χ3v) is 6.69. The van der Waals surface area contributed by atoms with Gasteiger partial charge in [0.1, 0.15) is 11.9 Å². The van der Waals surface area contributed by atoms with Crippen molar-refractivity contribution >= 4 is 0 Å². The maximum Gasteiger partial charge on any atom is 0.115 e. The largest absolute Gasteiger partial charge is 0.508 e. The zero-order chi connectivity index (χ0) is 16.4. The number of phenols is 1. The molecule has 2 fully saturated rings. The highest BCUT2D eigenvalue weighted by atomic mass is 19.1. The van der Waals surface area contributed by atoms with Crippen LogP contribution >= 0.6 is 0 Å². The molecule has 23 heavy (non-hydrogen) atoms. The molecule has 2 N–H and O–H groups in total. The van der Waals surface area contributed by atoms with Gasteiger partial charge in [-0.3, -0.25) is 0 Å². The van der Waals surface area contributed by atoms with E-state index < -0.39 is 6.17 Å². The quantitative estimate of drug-likeness (QED) is 0.835. The molecule has 0 aliphatic heterocycles. The number of hydrogen-bond acceptors (Lipinski definition) is 3. The predicted octanol–water partition coefficient (Wildman–Crippen LogP) is 3.18. The highest BCUT2D eigenvalue weighted by Gasteiger charge is 2.59. The predicted molar refractivity (Wildman–Crippen MR) is 85.2 cm³/mol. The molecule has 3 aliphatic carbocycles. The van der Waals surface area contributed by atoms with Gasteiger partial charge in [0.25, 0.3) is 0 Å². The van der Waals surface area contributed by atoms with Crippen LogP contribution in [0.15, 0.2) is 18.2 Å². The van der Waals surface area contributed by atoms with Gasteiger partial charge in [-0.1, -0.05) is 13.0 Å². The highest BCUT2D eigenvalue weighted by molar-refractivity contribution is 5.42. The Balaban J connectivity index is 1.81. The third-order valence-electron chi connectivity index (χ3n) is 6.69. The number of aliphatic hydroxyl groups excluding tert-OH is 1. The highest BCUT2D eigenvalue weighted by Crippen LogP contribution is 2.62. The maximum atomic E-state index is 15.2. The van der Waals surface area contributed by atoms with E-state index in [1.807, 2.05) is 6.07 Å². The summed E-state index contributed by atoms with van der Waals surface area (Å²) in [6.07, 6.45) is 1.35. The van der Waals surface area contributed by atoms with Gasteiger partial charge in [0.15, 0.2) is 0 Å². The topological polar surface area (TPSA) is 49.7 Å². The van der Waals surface area contributed by atoms with Gasteiger partial charge in [-0.15, -0.1) is 0 Å². The first-order valence-corrected chi connectivity index (χ1v) is 8.59. The number of ether oxygens (including phenoxy) is 1. The van der Waals surface area contributed by atoms with Crippen molar-refractivity contribution < 1.29 is 19.3 Å². The SMILES string of the molecule is CO[C@H]1Cc2cc(O)ccc2[C@@H]2[C@@H]1[C@@H]1C[C@@H](O)C[C@@]1(C)C[C@@H]2F. The number of rotatable bonds is 1. The van der Waals surface area contributed by atoms with Crippen LogP contribution in [0.2, 0.25) is 0 Å². The normalized spacial score (nSPS) is 45.2. The first kappa shape index (κ1) is 15.4. The number of methoxy groups -OCH3 is 1. The molecule has 3 nitrogen and oxygen atoms in total. The number of halogens is 1. The third kappa shape index (κ3) is 2.22. The van der Waals surface area contributed by atoms with E-state index in [2.05, 4.69) is 6.92 Å². The minimum Gasteiger partial charge on any atom is -0.508 e. The van der Waals surface area contributed by atoms with Crippen molar-refractivity contribution in [1.82, 2.24) is 0 Å². The summed E-state index contributed by atoms with van der Waals surface area (Å²) in [5.41, 5.74) is 1.89. The lowest BCUT2D eigenvalue weighted by Gasteiger charge is -2.52. The number of hydrogen-bond donors (Lipinski definition) is 2. The first-order chi connectivity index (χ1) is 10.9. The molecule has 0 spiro atoms. The monoisotopic (exact) mass is 320 g/mol. The van der Waals surface area contributed by atoms with E-state index in [-0.39, 0.29) is 35.2 Å². The second-order valence-electron chi connectivity index (χ2n) is 8.04. The van der Waals surface area contributed by atoms with Crippen LogP contribution < -0.4 is 0 Å². The second-order valence-corrected chi connectivity index (χ2v) is 8.04. The molecule has 7 atom stereocenters. The minimum absolute atomic E-state index is 0.0533. The maximum absolute atomic E-state index is 15.2. The molecule has 0 heterocycles. The van der Waals surface area contributed by atoms with Crippen molar-refractivity contribution in [1.29, 1.82) is 0 Å². The summed E-state index contributed by atoms with van der Waals surface area (Å²) >= 11 is 0. The Hall–Kier alpha value is -1.13. The molecule has 0 saturated heterocycles. The van der Waals surface area contributed by atoms with Crippen molar-refractivity contribution in [2.45, 2.75) is 56.9 Å². The molecule has 0 unspecified atom stereocenters. The average Bonchev–Trinajstić information content (AvgIpc) is 2.79. The van der Waals surface area contributed by atoms with Gasteiger partial charge >= 0.3 is 0 Å². The fraction of sp³-hybridized carbons (Fsp3) is 0.684. The molecule has 4 heteroatoms. The molecule has 2 saturated carbocycles. The van der Waals surface area contributed by atoms with Crippen LogP contribution in [0, 0.1) is 17.3 Å². The van der Waals surface area contributed by atoms with Gasteiger partial charge in [-0.25, -0.2) is 4.39 Å². The van der Waals surface area contributed by atoms with Crippen molar-refractivity contribution in [3.05, 3.63) is 29.3 Å². The Morgan fingerprint density at radius 1 is 1.30 bits per heavy atom. The Kier molecular flexibility index (Phi) is 3.47. The van der Waals surface area contributed by atoms with E-state index in [1.165, 1.54) is 0 Å². The fourth-order valence-electron chi connectivity index (χ4n) is 5.85. The van der Waals surface area contributed by atoms with Crippen LogP contribution in [-0.4, -0.2) is 35.7 Å². The van der Waals surface area contributed by atoms with Crippen LogP contribution in [-0.2, 0) is 11.2 Å². The second kappa shape index (κ2) is 5.18. The van der Waals surface area contributed by atoms with Crippen molar-refractivity contribution in [3.8, 4) is 5.75 Å². The smallest absolute Gasteiger partial charge is 0.115 e. The molecule has 126 valence electrons. The number of aromatic hydroxyl groups is 1. The number of alkyl halides is 1. The summed E-state index contributed by atoms with van der Waals surface area (Å²) in [6, 6.07) is 5.30. The molecule has 0 radical (unpaired) electrons. The van der Waals surface area contributed by atoms with E-state index >= 15 is 4.39 Å². The lowest BCUT2D eigenvalue weighted by Crippen LogP contribution is -2.51. The van der Waals surface area contributed by atoms with Gasteiger partial charge in [0, 0.05) is 13.0 Å². The summed E-state index contributed by atoms with van der Waals surface area (Å²) in [4.78, 5) is 0. The van der Waals surface area contributed by atoms with Gasteiger partial charge in [0.05, 0.1) is 12.2 Å². The van der Waals surface area contributed by atoms with Crippen LogP contribution in [0.4, 0.5) is 4.39 Å². The molecule has 4 rings (SSSR count). The van der Waals surface area contributed by atoms with Gasteiger partial charge in [-0.05, 0) is 66.2 Å². The zero-order valence-corrected chi connectivity index (χ0v) is 13.7. The summed E-state index contributed by atoms with van der Waals surface area (Å²) in [5, 5.41) is 20.0. The Bertz CT molecular complexity index is 619. The molecule has 3 aliphatic rings. The number of aliphatic hydroxyl groups is 1. The van der Waals surface area contributed by atoms with E-state index in [9.17, 15) is 10.2 Å². The summed E-state index contributed by atoms with van der Waals surface area (Å²) in [5.74, 6) is 0.432. The van der Waals surface area contributed by atoms with Crippen molar-refractivity contribution in [3.63, 3.8) is 0 Å². The molecule has 0 aromatic heterocycles. The summed E-state index contributed by atoms with van der Waals surface area (Å²) in [6.45, 7) is 2.13. The van der Waals surface area contributed by atoms with Crippen molar-refractivity contribution in [2.75, 3.05) is 7.11 Å². The van der Waals surface area contributed by atoms with E-state index in [0.717, 1.165) is 17.5 Å². The zero-order valence-electron chi connectivity index (χ0n) is 13.7. The molecular weight excluding hydrogens is 295 g/mol. The molecule has 0 bridgehead atoms. The Morgan fingerprint density at radius 3 is 2.83 bits per heavy atom. The summed E-state index contributed by atoms with van der Waals surface area (Å²) < 4.78 is 21.0. The first-order valence-electron chi connectivity index (χ1n) is 8.59. The minimum atomic E-state index is -0.923. The van der Waals surface area contributed by atoms with Gasteiger partial charge < -0.3 is 14.9 Å². The molecule has 1 aromatic rings. The number of phenolic OH excluding ortho intramolecular Hbond substituents is 1. The Labute approximate surface area is 136 Å². The lowest BCUT2D eigenvalue weighted by atomic mass is 9.54. The van der Waals surface area contributed by atoms with E-state index in [4.69, 9.17) is 4.74 Å². The number of benzene rings is 1. The number of fused-ring (bicyclic) bond motifs is 5. The Morgan fingerprint density at radius 2 is 2.09 bits per heavy atom. The lowest BCUT2D eigenvalue weighted by molar-refractivity contribution is -0.0736. The van der Waals surface area contributed by atoms with Gasteiger partial charge in [-0.2, -0.15) is 0 Å². The molecule has 1 aromatic carbocycles. The van der Waals surface area contributed by atoms with Gasteiger partial charge in [0.2, 0.25) is 0 Å². The van der Waals surface area contributed by atoms with Crippen LogP contribution in [0.1, 0.15) is 43.2 Å². The van der Waals surface area contributed by atoms with Crippen LogP contribution in [0.25, 0.3) is 0 Å². The van der Waals surface area contributed by atoms with Crippen LogP contribution in [0.5, 0.6) is 5.75 Å². The van der Waals surface area contributed by atoms with E-state index in [1.54, 1.807) is 19.2 Å². The standard InChI is InChI=1S/C19H25FO3/c1-19-8-12(22)7-14(19)18-16(23-2)6-10-5-11(21)3-4-13(10)17(18)15(20)9-19/h3-5,12,14-18,21-22H,6-9H2,1-2H3/t12-,14+,15+,16+,17+,18-,19+/m1/s1. The fourth-order valence-corrected chi connectivity index (χ4v) is 5.85. The molecule has 0 amide bonds. The van der Waals surface area contributed by atoms with Crippen molar-refractivity contribution in [2.24, 2.45) is 17.3 Å². The van der Waals surface area contributed by atoms with Crippen LogP contribution in [0.3, 0.4) is 0 Å². The van der Waals surface area contributed by atoms with E-state index in [0.29, 0.717) is 25.2 Å². The summed E-state index contributed by atoms with van der Waals surface area (Å²) in [7, 11) is 1.69. The molecular formula is C19H25FO3. The average molecular weight is 320 g/mol.